The molecule has 4 unspecified atom stereocenters. The lowest BCUT2D eigenvalue weighted by Crippen LogP contribution is -2.09. The molecule has 0 radical (unpaired) electrons. The van der Waals surface area contributed by atoms with Gasteiger partial charge in [-0.3, -0.25) is 9.59 Å². The first-order valence-corrected chi connectivity index (χ1v) is 12.5. The summed E-state index contributed by atoms with van der Waals surface area (Å²) in [5.74, 6) is 1.14. The zero-order valence-electron chi connectivity index (χ0n) is 19.7. The van der Waals surface area contributed by atoms with Crippen molar-refractivity contribution in [3.8, 4) is 12.1 Å². The van der Waals surface area contributed by atoms with Gasteiger partial charge >= 0.3 is 0 Å². The quantitative estimate of drug-likeness (QED) is 0.475. The zero-order valence-corrected chi connectivity index (χ0v) is 19.7. The number of carbonyl (C=O) groups excluding carboxylic acids is 2. The molecule has 0 amide bonds. The molecule has 4 heteroatoms. The molecular formula is C30H32N2O2. The van der Waals surface area contributed by atoms with Gasteiger partial charge in [0.2, 0.25) is 0 Å². The van der Waals surface area contributed by atoms with Crippen LogP contribution < -0.4 is 0 Å². The lowest BCUT2D eigenvalue weighted by atomic mass is 9.88. The number of hydrogen-bond donors (Lipinski definition) is 0. The van der Waals surface area contributed by atoms with Crippen LogP contribution in [0.3, 0.4) is 0 Å². The molecule has 4 atom stereocenters. The fourth-order valence-corrected chi connectivity index (χ4v) is 5.64. The second-order valence-corrected chi connectivity index (χ2v) is 10.1. The van der Waals surface area contributed by atoms with Crippen LogP contribution in [0, 0.1) is 40.4 Å². The highest BCUT2D eigenvalue weighted by Gasteiger charge is 2.32. The van der Waals surface area contributed by atoms with Gasteiger partial charge in [-0.15, -0.1) is 0 Å². The Bertz CT molecular complexity index is 1090. The monoisotopic (exact) mass is 452 g/mol. The molecular weight excluding hydrogens is 420 g/mol. The molecule has 2 aromatic carbocycles. The number of nitrogens with zero attached hydrogens (tertiary/aromatic N) is 2. The SMILES string of the molecule is N#CCc1ccc(CC2CC(CCC(C#N)c3ccc(CC4CCCC4=O)cc3)CC2=O)cc1. The van der Waals surface area contributed by atoms with Gasteiger partial charge in [-0.2, -0.15) is 10.5 Å². The van der Waals surface area contributed by atoms with Gasteiger partial charge in [-0.05, 0) is 73.1 Å². The maximum Gasteiger partial charge on any atom is 0.136 e. The first-order valence-electron chi connectivity index (χ1n) is 12.5. The number of nitriles is 2. The highest BCUT2D eigenvalue weighted by Crippen LogP contribution is 2.35. The van der Waals surface area contributed by atoms with E-state index in [0.29, 0.717) is 30.3 Å². The number of rotatable bonds is 9. The summed E-state index contributed by atoms with van der Waals surface area (Å²) in [6, 6.07) is 20.9. The first kappa shape index (κ1) is 23.9. The Kier molecular flexibility index (Phi) is 7.91. The van der Waals surface area contributed by atoms with Gasteiger partial charge in [0.1, 0.15) is 11.6 Å². The average molecular weight is 453 g/mol. The molecule has 4 rings (SSSR count). The van der Waals surface area contributed by atoms with Gasteiger partial charge in [-0.1, -0.05) is 48.5 Å². The van der Waals surface area contributed by atoms with Gasteiger partial charge in [-0.25, -0.2) is 0 Å². The third-order valence-corrected chi connectivity index (χ3v) is 7.67. The Morgan fingerprint density at radius 3 is 2.12 bits per heavy atom. The third-order valence-electron chi connectivity index (χ3n) is 7.67. The van der Waals surface area contributed by atoms with Crippen molar-refractivity contribution in [3.05, 3.63) is 70.8 Å². The molecule has 174 valence electrons. The van der Waals surface area contributed by atoms with Crippen molar-refractivity contribution in [1.29, 1.82) is 10.5 Å². The molecule has 4 nitrogen and oxygen atoms in total. The van der Waals surface area contributed by atoms with Crippen LogP contribution in [0.15, 0.2) is 48.5 Å². The average Bonchev–Trinajstić information content (AvgIpc) is 3.41. The smallest absolute Gasteiger partial charge is 0.136 e. The Hall–Kier alpha value is -3.24. The van der Waals surface area contributed by atoms with Crippen molar-refractivity contribution in [2.75, 3.05) is 0 Å². The largest absolute Gasteiger partial charge is 0.299 e. The molecule has 0 N–H and O–H groups in total. The molecule has 2 aliphatic rings. The van der Waals surface area contributed by atoms with Crippen molar-refractivity contribution < 1.29 is 9.59 Å². The minimum absolute atomic E-state index is 0.0601. The van der Waals surface area contributed by atoms with E-state index >= 15 is 0 Å². The van der Waals surface area contributed by atoms with E-state index in [0.717, 1.165) is 68.1 Å². The summed E-state index contributed by atoms with van der Waals surface area (Å²) < 4.78 is 0. The summed E-state index contributed by atoms with van der Waals surface area (Å²) in [4.78, 5) is 24.5. The fraction of sp³-hybridized carbons (Fsp3) is 0.467. The Morgan fingerprint density at radius 2 is 1.50 bits per heavy atom. The first-order chi connectivity index (χ1) is 16.6. The zero-order chi connectivity index (χ0) is 23.9. The number of benzene rings is 2. The summed E-state index contributed by atoms with van der Waals surface area (Å²) in [5, 5.41) is 18.6. The van der Waals surface area contributed by atoms with Crippen LogP contribution in [-0.2, 0) is 28.9 Å². The lowest BCUT2D eigenvalue weighted by Gasteiger charge is -2.15. The van der Waals surface area contributed by atoms with Crippen LogP contribution in [0.25, 0.3) is 0 Å². The topological polar surface area (TPSA) is 81.7 Å². The Morgan fingerprint density at radius 1 is 0.853 bits per heavy atom. The molecule has 0 bridgehead atoms. The van der Waals surface area contributed by atoms with Crippen LogP contribution in [0.1, 0.15) is 73.1 Å². The maximum absolute atomic E-state index is 12.6. The van der Waals surface area contributed by atoms with Crippen LogP contribution in [0.4, 0.5) is 0 Å². The van der Waals surface area contributed by atoms with E-state index in [2.05, 4.69) is 24.3 Å². The predicted octanol–water partition coefficient (Wildman–Crippen LogP) is 5.89. The number of Topliss-reactive ketones (excluding diaryl/α,β-unsaturated/α-hetero) is 2. The van der Waals surface area contributed by atoms with E-state index < -0.39 is 0 Å². The summed E-state index contributed by atoms with van der Waals surface area (Å²) in [6.07, 6.45) is 7.87. The molecule has 0 aliphatic heterocycles. The minimum Gasteiger partial charge on any atom is -0.299 e. The molecule has 0 aromatic heterocycles. The molecule has 34 heavy (non-hydrogen) atoms. The highest BCUT2D eigenvalue weighted by molar-refractivity contribution is 5.83. The van der Waals surface area contributed by atoms with E-state index in [4.69, 9.17) is 5.26 Å². The maximum atomic E-state index is 12.6. The second-order valence-electron chi connectivity index (χ2n) is 10.1. The van der Waals surface area contributed by atoms with E-state index in [1.54, 1.807) is 0 Å². The molecule has 2 fully saturated rings. The van der Waals surface area contributed by atoms with Crippen LogP contribution in [-0.4, -0.2) is 11.6 Å². The van der Waals surface area contributed by atoms with E-state index in [-0.39, 0.29) is 17.8 Å². The van der Waals surface area contributed by atoms with E-state index in [9.17, 15) is 14.9 Å². The van der Waals surface area contributed by atoms with Crippen molar-refractivity contribution in [2.24, 2.45) is 17.8 Å². The molecule has 2 aliphatic carbocycles. The van der Waals surface area contributed by atoms with Gasteiger partial charge in [0.15, 0.2) is 0 Å². The summed E-state index contributed by atoms with van der Waals surface area (Å²) in [5.41, 5.74) is 4.35. The minimum atomic E-state index is -0.163. The predicted molar refractivity (Wildman–Crippen MR) is 131 cm³/mol. The lowest BCUT2D eigenvalue weighted by molar-refractivity contribution is -0.121. The van der Waals surface area contributed by atoms with Crippen molar-refractivity contribution in [3.63, 3.8) is 0 Å². The molecule has 2 saturated carbocycles. The van der Waals surface area contributed by atoms with Crippen molar-refractivity contribution in [2.45, 2.75) is 70.1 Å². The normalized spacial score (nSPS) is 22.9. The molecule has 0 spiro atoms. The second kappa shape index (κ2) is 11.3. The van der Waals surface area contributed by atoms with Gasteiger partial charge in [0, 0.05) is 24.7 Å². The van der Waals surface area contributed by atoms with Crippen molar-refractivity contribution in [1.82, 2.24) is 0 Å². The summed E-state index contributed by atoms with van der Waals surface area (Å²) >= 11 is 0. The highest BCUT2D eigenvalue weighted by atomic mass is 16.1. The number of carbonyl (C=O) groups is 2. The van der Waals surface area contributed by atoms with Gasteiger partial charge in [0.25, 0.3) is 0 Å². The van der Waals surface area contributed by atoms with Crippen LogP contribution in [0.5, 0.6) is 0 Å². The van der Waals surface area contributed by atoms with Crippen molar-refractivity contribution >= 4 is 11.6 Å². The van der Waals surface area contributed by atoms with E-state index in [1.807, 2.05) is 36.4 Å². The molecule has 0 heterocycles. The van der Waals surface area contributed by atoms with Gasteiger partial charge < -0.3 is 0 Å². The third kappa shape index (κ3) is 6.00. The van der Waals surface area contributed by atoms with Crippen LogP contribution >= 0.6 is 0 Å². The Labute approximate surface area is 202 Å². The standard InChI is InChI=1S/C30H32N2O2/c31-15-14-21-4-6-22(7-5-21)17-28-18-24(19-30(28)34)10-13-27(20-32)25-11-8-23(9-12-25)16-26-2-1-3-29(26)33/h4-9,11-12,24,26-28H,1-3,10,13-14,16-19H2. The number of ketones is 2. The summed E-state index contributed by atoms with van der Waals surface area (Å²) in [6.45, 7) is 0. The van der Waals surface area contributed by atoms with E-state index in [1.165, 1.54) is 5.56 Å². The van der Waals surface area contributed by atoms with Gasteiger partial charge in [0.05, 0.1) is 24.5 Å². The molecule has 0 saturated heterocycles. The van der Waals surface area contributed by atoms with Crippen LogP contribution in [0.2, 0.25) is 0 Å². The summed E-state index contributed by atoms with van der Waals surface area (Å²) in [7, 11) is 0. The molecule has 2 aromatic rings. The Balaban J connectivity index is 1.27. The fourth-order valence-electron chi connectivity index (χ4n) is 5.64. The number of hydrogen-bond acceptors (Lipinski definition) is 4.